The lowest BCUT2D eigenvalue weighted by Crippen LogP contribution is -2.64. The number of unbranched alkanes of at least 4 members (excludes halogenated alkanes) is 2. The van der Waals surface area contributed by atoms with Crippen molar-refractivity contribution < 1.29 is 28.8 Å². The molecule has 0 saturated carbocycles. The summed E-state index contributed by atoms with van der Waals surface area (Å²) in [5.74, 6) is -1.62. The first-order chi connectivity index (χ1) is 26.2. The second kappa shape index (κ2) is 20.1. The average Bonchev–Trinajstić information content (AvgIpc) is 3.56. The number of hydrogen-bond donors (Lipinski definition) is 3. The normalized spacial score (nSPS) is 22.1. The van der Waals surface area contributed by atoms with Gasteiger partial charge in [-0.05, 0) is 68.1 Å². The van der Waals surface area contributed by atoms with Crippen molar-refractivity contribution in [3.8, 4) is 0 Å². The molecule has 3 N–H and O–H groups in total. The Morgan fingerprint density at radius 3 is 2.39 bits per heavy atom. The number of carbonyl (C=O) groups excluding carboxylic acids is 4. The van der Waals surface area contributed by atoms with E-state index in [1.807, 2.05) is 74.6 Å². The second-order valence-corrected chi connectivity index (χ2v) is 14.6. The minimum Gasteiger partial charge on any atom is -0.417 e. The largest absolute Gasteiger partial charge is 0.417 e. The monoisotopic (exact) mass is 742 g/mol. The number of fused-ring (bicyclic) bond motifs is 2. The predicted octanol–water partition coefficient (Wildman–Crippen LogP) is 5.11. The topological polar surface area (TPSA) is 143 Å². The van der Waals surface area contributed by atoms with E-state index in [1.165, 1.54) is 0 Å². The van der Waals surface area contributed by atoms with Crippen molar-refractivity contribution in [1.29, 1.82) is 0 Å². The molecule has 3 heterocycles. The van der Waals surface area contributed by atoms with Crippen LogP contribution >= 0.6 is 0 Å². The van der Waals surface area contributed by atoms with Crippen molar-refractivity contribution in [2.45, 2.75) is 122 Å². The molecule has 0 bridgehead atoms. The fraction of sp³-hybridized carbons (Fsp3) is 0.548. The van der Waals surface area contributed by atoms with E-state index in [0.717, 1.165) is 66.3 Å². The molecule has 54 heavy (non-hydrogen) atoms. The number of piperidine rings is 1. The summed E-state index contributed by atoms with van der Waals surface area (Å²) in [5.41, 5.74) is 3.83. The lowest BCUT2D eigenvalue weighted by atomic mass is 9.93. The predicted molar refractivity (Wildman–Crippen MR) is 210 cm³/mol. The second-order valence-electron chi connectivity index (χ2n) is 14.6. The van der Waals surface area contributed by atoms with Gasteiger partial charge in [0, 0.05) is 30.3 Å². The Hall–Kier alpha value is -4.71. The first-order valence-corrected chi connectivity index (χ1v) is 19.7. The number of aliphatic imine (C=N–C) groups is 1. The number of aromatic nitrogens is 1. The molecule has 2 saturated heterocycles. The Kier molecular flexibility index (Phi) is 15.1. The van der Waals surface area contributed by atoms with E-state index < -0.39 is 36.0 Å². The highest BCUT2D eigenvalue weighted by Gasteiger charge is 2.41. The highest BCUT2D eigenvalue weighted by Crippen LogP contribution is 2.25. The van der Waals surface area contributed by atoms with Gasteiger partial charge in [-0.15, -0.1) is 0 Å². The van der Waals surface area contributed by atoms with E-state index in [-0.39, 0.29) is 24.2 Å². The smallest absolute Gasteiger partial charge is 0.246 e. The molecular formula is C42H58N6O6. The summed E-state index contributed by atoms with van der Waals surface area (Å²) in [6.07, 6.45) is 9.14. The summed E-state index contributed by atoms with van der Waals surface area (Å²) in [6, 6.07) is 14.3. The molecule has 2 fully saturated rings. The molecule has 12 nitrogen and oxygen atoms in total. The molecular weight excluding hydrogens is 684 g/mol. The molecule has 2 aliphatic rings. The third kappa shape index (κ3) is 10.5. The summed E-state index contributed by atoms with van der Waals surface area (Å²) >= 11 is 0. The maximum absolute atomic E-state index is 14.2. The fourth-order valence-corrected chi connectivity index (χ4v) is 7.45. The highest BCUT2D eigenvalue weighted by atomic mass is 16.6. The van der Waals surface area contributed by atoms with Crippen molar-refractivity contribution >= 4 is 40.2 Å². The molecule has 5 atom stereocenters. The van der Waals surface area contributed by atoms with Crippen LogP contribution in [0.5, 0.6) is 0 Å². The number of para-hydroxylation sites is 1. The summed E-state index contributed by atoms with van der Waals surface area (Å²) in [6.45, 7) is 7.24. The third-order valence-corrected chi connectivity index (χ3v) is 10.9. The quantitative estimate of drug-likeness (QED) is 0.138. The van der Waals surface area contributed by atoms with Gasteiger partial charge in [-0.3, -0.25) is 24.2 Å². The van der Waals surface area contributed by atoms with Crippen LogP contribution in [0.15, 0.2) is 65.8 Å². The van der Waals surface area contributed by atoms with E-state index >= 15 is 0 Å². The Balaban J connectivity index is 1.31. The van der Waals surface area contributed by atoms with E-state index in [1.54, 1.807) is 16.7 Å². The Morgan fingerprint density at radius 2 is 1.63 bits per heavy atom. The number of rotatable bonds is 16. The van der Waals surface area contributed by atoms with Crippen LogP contribution in [0.25, 0.3) is 10.9 Å². The molecule has 2 aliphatic heterocycles. The first kappa shape index (κ1) is 40.5. The van der Waals surface area contributed by atoms with Crippen LogP contribution in [0.1, 0.15) is 96.1 Å². The number of amides is 4. The number of hydrogen-bond acceptors (Lipinski definition) is 7. The number of nitrogens with zero attached hydrogens (tertiary/aromatic N) is 3. The molecule has 0 radical (unpaired) electrons. The summed E-state index contributed by atoms with van der Waals surface area (Å²) in [7, 11) is 1.57. The maximum Gasteiger partial charge on any atom is 0.246 e. The first-order valence-electron chi connectivity index (χ1n) is 19.7. The van der Waals surface area contributed by atoms with Crippen LogP contribution in [0.2, 0.25) is 0 Å². The molecule has 292 valence electrons. The zero-order valence-electron chi connectivity index (χ0n) is 32.4. The lowest BCUT2D eigenvalue weighted by molar-refractivity contribution is -0.147. The number of ether oxygens (including phenoxy) is 1. The SMILES string of the molecule is CCC(CCCCC[C@@H]1NC(=O)[C@H]2CCCCN2C(=O)[C@H](C(C)CC)NC(=O)[C@H](Cc2cn(OC)c3ccccc23)NC1=O)=NCOCc1ccccc1. The van der Waals surface area contributed by atoms with Gasteiger partial charge in [0.2, 0.25) is 23.6 Å². The number of nitrogens with one attached hydrogen (secondary N) is 3. The maximum atomic E-state index is 14.2. The molecule has 1 unspecified atom stereocenters. The highest BCUT2D eigenvalue weighted by molar-refractivity contribution is 5.98. The minimum atomic E-state index is -1.00. The lowest BCUT2D eigenvalue weighted by Gasteiger charge is -2.39. The zero-order valence-corrected chi connectivity index (χ0v) is 32.4. The van der Waals surface area contributed by atoms with Crippen molar-refractivity contribution in [3.05, 3.63) is 71.9 Å². The fourth-order valence-electron chi connectivity index (χ4n) is 7.45. The standard InChI is InChI=1S/C42H58N6O6/c1-5-29(3)38-42(52)47-24-16-15-23-37(47)41(51)44-34(21-12-8-11-19-32(6-2)43-28-54-27-30-17-9-7-10-18-30)39(49)45-35(40(50)46-38)25-31-26-48(53-4)36-22-14-13-20-33(31)36/h7,9-10,13-14,17-18,20,22,26,29,34-35,37-38H,5-6,8,11-12,15-16,19,21,23-25,27-28H2,1-4H3,(H,44,51)(H,45,49)(H,46,50)/t29?,34-,35-,37+,38-/m0/s1. The molecule has 2 aromatic carbocycles. The van der Waals surface area contributed by atoms with Gasteiger partial charge < -0.3 is 30.4 Å². The van der Waals surface area contributed by atoms with Gasteiger partial charge in [0.15, 0.2) is 0 Å². The van der Waals surface area contributed by atoms with Crippen LogP contribution in [-0.2, 0) is 36.9 Å². The van der Waals surface area contributed by atoms with Gasteiger partial charge in [-0.25, -0.2) is 0 Å². The van der Waals surface area contributed by atoms with Crippen LogP contribution < -0.4 is 20.8 Å². The summed E-state index contributed by atoms with van der Waals surface area (Å²) in [4.78, 5) is 68.4. The van der Waals surface area contributed by atoms with Gasteiger partial charge >= 0.3 is 0 Å². The van der Waals surface area contributed by atoms with E-state index in [4.69, 9.17) is 9.57 Å². The van der Waals surface area contributed by atoms with Gasteiger partial charge in [-0.2, -0.15) is 4.73 Å². The van der Waals surface area contributed by atoms with Gasteiger partial charge in [0.05, 0.1) is 12.1 Å². The Bertz CT molecular complexity index is 1740. The van der Waals surface area contributed by atoms with Gasteiger partial charge in [0.1, 0.15) is 38.0 Å². The molecule has 3 aromatic rings. The van der Waals surface area contributed by atoms with Gasteiger partial charge in [0.25, 0.3) is 0 Å². The molecule has 12 heteroatoms. The van der Waals surface area contributed by atoms with E-state index in [0.29, 0.717) is 45.6 Å². The van der Waals surface area contributed by atoms with Crippen molar-refractivity contribution in [2.75, 3.05) is 20.4 Å². The van der Waals surface area contributed by atoms with Crippen LogP contribution in [0.4, 0.5) is 0 Å². The van der Waals surface area contributed by atoms with Crippen LogP contribution in [0.3, 0.4) is 0 Å². The van der Waals surface area contributed by atoms with Crippen LogP contribution in [-0.4, -0.2) is 83.5 Å². The van der Waals surface area contributed by atoms with E-state index in [9.17, 15) is 19.2 Å². The van der Waals surface area contributed by atoms with Gasteiger partial charge in [-0.1, -0.05) is 88.6 Å². The number of carbonyl (C=O) groups is 4. The van der Waals surface area contributed by atoms with E-state index in [2.05, 4.69) is 27.9 Å². The van der Waals surface area contributed by atoms with Crippen molar-refractivity contribution in [1.82, 2.24) is 25.6 Å². The molecule has 1 aromatic heterocycles. The summed E-state index contributed by atoms with van der Waals surface area (Å²) < 4.78 is 7.39. The molecule has 0 aliphatic carbocycles. The Labute approximate surface area is 319 Å². The van der Waals surface area contributed by atoms with Crippen molar-refractivity contribution in [2.24, 2.45) is 10.9 Å². The molecule has 4 amide bonds. The molecule has 5 rings (SSSR count). The number of benzene rings is 2. The Morgan fingerprint density at radius 1 is 0.889 bits per heavy atom. The minimum absolute atomic E-state index is 0.164. The third-order valence-electron chi connectivity index (χ3n) is 10.9. The molecule has 0 spiro atoms. The summed E-state index contributed by atoms with van der Waals surface area (Å²) in [5, 5.41) is 9.93. The van der Waals surface area contributed by atoms with Crippen molar-refractivity contribution in [3.63, 3.8) is 0 Å². The average molecular weight is 743 g/mol. The zero-order chi connectivity index (χ0) is 38.5. The van der Waals surface area contributed by atoms with Crippen LogP contribution in [0, 0.1) is 5.92 Å².